The van der Waals surface area contributed by atoms with Crippen molar-refractivity contribution < 1.29 is 4.39 Å². The molecule has 1 unspecified atom stereocenters. The van der Waals surface area contributed by atoms with Gasteiger partial charge in [0.15, 0.2) is 0 Å². The van der Waals surface area contributed by atoms with Gasteiger partial charge in [-0.2, -0.15) is 0 Å². The van der Waals surface area contributed by atoms with Gasteiger partial charge in [-0.05, 0) is 54.7 Å². The highest BCUT2D eigenvalue weighted by molar-refractivity contribution is 9.10. The molecule has 0 amide bonds. The van der Waals surface area contributed by atoms with E-state index in [-0.39, 0.29) is 11.9 Å². The van der Waals surface area contributed by atoms with Crippen molar-refractivity contribution in [2.45, 2.75) is 18.9 Å². The van der Waals surface area contributed by atoms with Gasteiger partial charge in [0.2, 0.25) is 0 Å². The Kier molecular flexibility index (Phi) is 3.99. The number of halogens is 3. The van der Waals surface area contributed by atoms with Crippen LogP contribution in [-0.4, -0.2) is 0 Å². The minimum atomic E-state index is -0.204. The highest BCUT2D eigenvalue weighted by Gasteiger charge is 2.32. The van der Waals surface area contributed by atoms with E-state index in [2.05, 4.69) is 21.2 Å². The molecule has 4 heteroatoms. The van der Waals surface area contributed by atoms with Crippen molar-refractivity contribution in [1.82, 2.24) is 0 Å². The largest absolute Gasteiger partial charge is 0.377 e. The number of nitrogens with one attached hydrogen (secondary N) is 1. The van der Waals surface area contributed by atoms with Crippen LogP contribution in [0.4, 0.5) is 10.1 Å². The molecule has 3 rings (SSSR count). The van der Waals surface area contributed by atoms with E-state index >= 15 is 0 Å². The Morgan fingerprint density at radius 2 is 1.85 bits per heavy atom. The molecule has 1 fully saturated rings. The Bertz CT molecular complexity index is 610. The number of rotatable bonds is 4. The van der Waals surface area contributed by atoms with E-state index in [1.54, 1.807) is 0 Å². The third-order valence-corrected chi connectivity index (χ3v) is 4.37. The summed E-state index contributed by atoms with van der Waals surface area (Å²) in [6, 6.07) is 12.7. The summed E-state index contributed by atoms with van der Waals surface area (Å²) in [5, 5.41) is 4.18. The van der Waals surface area contributed by atoms with Crippen molar-refractivity contribution in [3.05, 3.63) is 63.3 Å². The second-order valence-corrected chi connectivity index (χ2v) is 6.46. The molecule has 20 heavy (non-hydrogen) atoms. The summed E-state index contributed by atoms with van der Waals surface area (Å²) in [7, 11) is 0. The number of hydrogen-bond acceptors (Lipinski definition) is 1. The van der Waals surface area contributed by atoms with Crippen LogP contribution >= 0.6 is 27.5 Å². The second-order valence-electron chi connectivity index (χ2n) is 5.14. The van der Waals surface area contributed by atoms with Crippen LogP contribution in [0.1, 0.15) is 24.4 Å². The predicted octanol–water partition coefficient (Wildman–Crippen LogP) is 5.80. The van der Waals surface area contributed by atoms with Crippen molar-refractivity contribution in [2.75, 3.05) is 5.32 Å². The summed E-state index contributed by atoms with van der Waals surface area (Å²) in [6.45, 7) is 0. The highest BCUT2D eigenvalue weighted by Crippen LogP contribution is 2.43. The molecule has 0 radical (unpaired) electrons. The molecule has 1 atom stereocenters. The maximum absolute atomic E-state index is 13.1. The maximum Gasteiger partial charge on any atom is 0.123 e. The van der Waals surface area contributed by atoms with Crippen molar-refractivity contribution in [3.63, 3.8) is 0 Å². The monoisotopic (exact) mass is 353 g/mol. The molecule has 1 nitrogen and oxygen atoms in total. The summed E-state index contributed by atoms with van der Waals surface area (Å²) in [6.07, 6.45) is 2.40. The van der Waals surface area contributed by atoms with Crippen LogP contribution in [0.2, 0.25) is 5.02 Å². The lowest BCUT2D eigenvalue weighted by Crippen LogP contribution is -2.13. The van der Waals surface area contributed by atoms with E-state index in [4.69, 9.17) is 11.6 Å². The van der Waals surface area contributed by atoms with E-state index in [0.717, 1.165) is 15.7 Å². The van der Waals surface area contributed by atoms with Crippen LogP contribution in [-0.2, 0) is 0 Å². The fourth-order valence-corrected chi connectivity index (χ4v) is 3.08. The average Bonchev–Trinajstić information content (AvgIpc) is 3.24. The molecule has 0 spiro atoms. The van der Waals surface area contributed by atoms with Crippen LogP contribution in [0, 0.1) is 11.7 Å². The van der Waals surface area contributed by atoms with Gasteiger partial charge in [0.05, 0.1) is 16.8 Å². The number of anilines is 1. The molecule has 1 aliphatic rings. The van der Waals surface area contributed by atoms with Gasteiger partial charge in [0.1, 0.15) is 5.82 Å². The normalized spacial score (nSPS) is 15.9. The molecular weight excluding hydrogens is 341 g/mol. The number of benzene rings is 2. The summed E-state index contributed by atoms with van der Waals surface area (Å²) in [5.74, 6) is 0.394. The fraction of sp³-hybridized carbons (Fsp3) is 0.250. The Balaban J connectivity index is 1.86. The van der Waals surface area contributed by atoms with Crippen LogP contribution < -0.4 is 5.32 Å². The summed E-state index contributed by atoms with van der Waals surface area (Å²) in [4.78, 5) is 0. The van der Waals surface area contributed by atoms with E-state index in [0.29, 0.717) is 10.9 Å². The smallest absolute Gasteiger partial charge is 0.123 e. The first kappa shape index (κ1) is 13.9. The van der Waals surface area contributed by atoms with Gasteiger partial charge in [0, 0.05) is 4.47 Å². The lowest BCUT2D eigenvalue weighted by atomic mass is 10.0. The molecule has 0 saturated heterocycles. The lowest BCUT2D eigenvalue weighted by Gasteiger charge is -2.21. The van der Waals surface area contributed by atoms with Gasteiger partial charge in [0.25, 0.3) is 0 Å². The van der Waals surface area contributed by atoms with Gasteiger partial charge < -0.3 is 5.32 Å². The molecule has 0 heterocycles. The van der Waals surface area contributed by atoms with Crippen LogP contribution in [0.25, 0.3) is 0 Å². The summed E-state index contributed by atoms with van der Waals surface area (Å²) >= 11 is 9.66. The summed E-state index contributed by atoms with van der Waals surface area (Å²) in [5.41, 5.74) is 2.02. The summed E-state index contributed by atoms with van der Waals surface area (Å²) < 4.78 is 14.0. The van der Waals surface area contributed by atoms with Gasteiger partial charge in [-0.1, -0.05) is 39.7 Å². The van der Waals surface area contributed by atoms with Gasteiger partial charge in [-0.15, -0.1) is 0 Å². The lowest BCUT2D eigenvalue weighted by molar-refractivity contribution is 0.622. The third kappa shape index (κ3) is 3.15. The quantitative estimate of drug-likeness (QED) is 0.731. The first-order valence-corrected chi connectivity index (χ1v) is 7.77. The Labute approximate surface area is 131 Å². The molecule has 0 bridgehead atoms. The van der Waals surface area contributed by atoms with E-state index < -0.39 is 0 Å². The van der Waals surface area contributed by atoms with Gasteiger partial charge >= 0.3 is 0 Å². The molecule has 0 aliphatic heterocycles. The Morgan fingerprint density at radius 1 is 1.15 bits per heavy atom. The zero-order chi connectivity index (χ0) is 14.1. The first-order chi connectivity index (χ1) is 9.63. The van der Waals surface area contributed by atoms with E-state index in [1.807, 2.05) is 30.3 Å². The van der Waals surface area contributed by atoms with E-state index in [9.17, 15) is 4.39 Å². The highest BCUT2D eigenvalue weighted by atomic mass is 79.9. The fourth-order valence-electron chi connectivity index (χ4n) is 2.35. The van der Waals surface area contributed by atoms with Crippen molar-refractivity contribution in [3.8, 4) is 0 Å². The van der Waals surface area contributed by atoms with Gasteiger partial charge in [-0.25, -0.2) is 4.39 Å². The van der Waals surface area contributed by atoms with Gasteiger partial charge in [-0.3, -0.25) is 0 Å². The zero-order valence-electron chi connectivity index (χ0n) is 10.7. The Morgan fingerprint density at radius 3 is 2.45 bits per heavy atom. The van der Waals surface area contributed by atoms with Crippen LogP contribution in [0.15, 0.2) is 46.9 Å². The first-order valence-electron chi connectivity index (χ1n) is 6.60. The molecular formula is C16H14BrClFN. The van der Waals surface area contributed by atoms with Crippen LogP contribution in [0.3, 0.4) is 0 Å². The average molecular weight is 355 g/mol. The van der Waals surface area contributed by atoms with Crippen molar-refractivity contribution >= 4 is 33.2 Å². The zero-order valence-corrected chi connectivity index (χ0v) is 13.1. The number of hydrogen-bond donors (Lipinski definition) is 1. The molecule has 1 saturated carbocycles. The SMILES string of the molecule is Fc1ccc(C(Nc2ccc(Br)cc2Cl)C2CC2)cc1. The Hall–Kier alpha value is -1.06. The second kappa shape index (κ2) is 5.74. The molecule has 2 aromatic rings. The standard InChI is InChI=1S/C16H14BrClFN/c17-12-5-8-15(14(18)9-12)20-16(10-1-2-10)11-3-6-13(19)7-4-11/h3-10,16,20H,1-2H2. The molecule has 2 aromatic carbocycles. The predicted molar refractivity (Wildman–Crippen MR) is 84.6 cm³/mol. The third-order valence-electron chi connectivity index (χ3n) is 3.56. The van der Waals surface area contributed by atoms with Crippen molar-refractivity contribution in [2.24, 2.45) is 5.92 Å². The van der Waals surface area contributed by atoms with E-state index in [1.165, 1.54) is 25.0 Å². The topological polar surface area (TPSA) is 12.0 Å². The molecule has 1 aliphatic carbocycles. The van der Waals surface area contributed by atoms with Crippen LogP contribution in [0.5, 0.6) is 0 Å². The minimum Gasteiger partial charge on any atom is -0.377 e. The molecule has 0 aromatic heterocycles. The molecule has 104 valence electrons. The van der Waals surface area contributed by atoms with Crippen molar-refractivity contribution in [1.29, 1.82) is 0 Å². The molecule has 1 N–H and O–H groups in total. The minimum absolute atomic E-state index is 0.189. The maximum atomic E-state index is 13.1.